The molecule has 12 atom stereocenters. The molecule has 3 fully saturated rings. The molecule has 58 heavy (non-hydrogen) atoms. The van der Waals surface area contributed by atoms with Crippen LogP contribution in [-0.2, 0) is 54.1 Å². The highest BCUT2D eigenvalue weighted by Crippen LogP contribution is 2.38. The van der Waals surface area contributed by atoms with Gasteiger partial charge in [0.05, 0.1) is 48.7 Å². The number of carbonyl (C=O) groups is 3. The summed E-state index contributed by atoms with van der Waals surface area (Å²) in [5.74, 6) is -4.37. The maximum absolute atomic E-state index is 14.5. The van der Waals surface area contributed by atoms with Crippen LogP contribution in [0.3, 0.4) is 0 Å². The summed E-state index contributed by atoms with van der Waals surface area (Å²) in [6.45, 7) is 14.2. The zero-order valence-corrected chi connectivity index (χ0v) is 36.3. The standard InChI is InChI=1S/C45H66N2O11/c1-28-23-45(7,51-11)40(57-43-39(34(46(8)9)22-29(2)55-43)56-42(50)33-20-16-13-17-21-33)30(3)37(48)31(4)41(49)53-26-35(47(10)24-28)38(36-27-54-44(5,6)58-36)52-25-32-18-14-12-15-19-32/h12-21,28-31,34-36,38-40,43H,22-27H2,1-11H3/t28-,29-,30+,31?,34+,35+,36+,38+,39-,40-,43+,45-/m1/s1. The summed E-state index contributed by atoms with van der Waals surface area (Å²) < 4.78 is 51.0. The minimum Gasteiger partial charge on any atom is -0.463 e. The summed E-state index contributed by atoms with van der Waals surface area (Å²) in [6.07, 6.45) is -3.05. The number of ether oxygens (including phenoxy) is 8. The molecule has 13 heteroatoms. The van der Waals surface area contributed by atoms with Gasteiger partial charge in [-0.15, -0.1) is 0 Å². The van der Waals surface area contributed by atoms with Crippen LogP contribution < -0.4 is 0 Å². The third-order valence-electron chi connectivity index (χ3n) is 11.9. The van der Waals surface area contributed by atoms with Crippen molar-refractivity contribution in [3.8, 4) is 0 Å². The molecule has 1 unspecified atom stereocenters. The molecule has 0 saturated carbocycles. The van der Waals surface area contributed by atoms with Gasteiger partial charge in [0.25, 0.3) is 0 Å². The fourth-order valence-corrected chi connectivity index (χ4v) is 8.70. The van der Waals surface area contributed by atoms with E-state index in [-0.39, 0.29) is 30.5 Å². The predicted octanol–water partition coefficient (Wildman–Crippen LogP) is 5.53. The number of likely N-dealkylation sites (N-methyl/N-ethyl adjacent to an activating group) is 2. The highest BCUT2D eigenvalue weighted by Gasteiger charge is 2.51. The van der Waals surface area contributed by atoms with Crippen molar-refractivity contribution in [1.29, 1.82) is 0 Å². The lowest BCUT2D eigenvalue weighted by atomic mass is 9.78. The van der Waals surface area contributed by atoms with Crippen molar-refractivity contribution >= 4 is 17.7 Å². The van der Waals surface area contributed by atoms with Gasteiger partial charge in [-0.2, -0.15) is 0 Å². The fraction of sp³-hybridized carbons (Fsp3) is 0.667. The normalized spacial score (nSPS) is 34.7. The molecule has 0 aromatic heterocycles. The number of esters is 2. The number of rotatable bonds is 11. The van der Waals surface area contributed by atoms with E-state index in [9.17, 15) is 14.4 Å². The molecule has 5 rings (SSSR count). The molecule has 3 saturated heterocycles. The molecule has 13 nitrogen and oxygen atoms in total. The molecule has 2 aromatic rings. The number of methoxy groups -OCH3 is 1. The first kappa shape index (κ1) is 45.8. The van der Waals surface area contributed by atoms with Gasteiger partial charge in [0.2, 0.25) is 0 Å². The summed E-state index contributed by atoms with van der Waals surface area (Å²) >= 11 is 0. The third kappa shape index (κ3) is 11.3. The van der Waals surface area contributed by atoms with Crippen molar-refractivity contribution in [3.63, 3.8) is 0 Å². The molecule has 0 bridgehead atoms. The number of hydrogen-bond donors (Lipinski definition) is 0. The highest BCUT2D eigenvalue weighted by atomic mass is 16.8. The van der Waals surface area contributed by atoms with Crippen LogP contribution in [0, 0.1) is 17.8 Å². The molecule has 2 aromatic carbocycles. The van der Waals surface area contributed by atoms with Gasteiger partial charge >= 0.3 is 11.9 Å². The lowest BCUT2D eigenvalue weighted by Crippen LogP contribution is -2.60. The summed E-state index contributed by atoms with van der Waals surface area (Å²) in [5.41, 5.74) is 0.324. The molecule has 0 amide bonds. The number of carbonyl (C=O) groups excluding carboxylic acids is 3. The van der Waals surface area contributed by atoms with E-state index in [4.69, 9.17) is 37.9 Å². The summed E-state index contributed by atoms with van der Waals surface area (Å²) in [6, 6.07) is 17.9. The first-order valence-electron chi connectivity index (χ1n) is 20.6. The Morgan fingerprint density at radius 2 is 1.62 bits per heavy atom. The van der Waals surface area contributed by atoms with Crippen LogP contribution in [0.15, 0.2) is 60.7 Å². The second-order valence-corrected chi connectivity index (χ2v) is 17.4. The van der Waals surface area contributed by atoms with Crippen LogP contribution >= 0.6 is 0 Å². The van der Waals surface area contributed by atoms with Crippen LogP contribution in [-0.4, -0.2) is 136 Å². The smallest absolute Gasteiger partial charge is 0.338 e. The first-order valence-corrected chi connectivity index (χ1v) is 20.6. The quantitative estimate of drug-likeness (QED) is 0.209. The average molecular weight is 811 g/mol. The van der Waals surface area contributed by atoms with Crippen LogP contribution in [0.4, 0.5) is 0 Å². The van der Waals surface area contributed by atoms with Gasteiger partial charge in [-0.25, -0.2) is 4.79 Å². The maximum atomic E-state index is 14.5. The number of hydrogen-bond acceptors (Lipinski definition) is 13. The van der Waals surface area contributed by atoms with E-state index in [1.807, 2.05) is 90.1 Å². The third-order valence-corrected chi connectivity index (χ3v) is 11.9. The number of ketones is 1. The van der Waals surface area contributed by atoms with E-state index in [2.05, 4.69) is 11.8 Å². The second kappa shape index (κ2) is 19.9. The SMILES string of the molecule is CO[C@]1(C)C[C@@H](C)CN(C)[C@H]([C@H](OCc2ccccc2)[C@@H]2COC(C)(C)O2)COC(=O)C(C)C(=O)[C@H](C)[C@H]1O[C@@H]1O[C@H](C)C[C@H](N(C)C)[C@H]1OC(=O)c1ccccc1. The van der Waals surface area contributed by atoms with Crippen molar-refractivity contribution in [1.82, 2.24) is 9.80 Å². The Kier molecular flexibility index (Phi) is 15.7. The molecule has 0 aliphatic carbocycles. The van der Waals surface area contributed by atoms with Crippen molar-refractivity contribution in [2.24, 2.45) is 17.8 Å². The largest absolute Gasteiger partial charge is 0.463 e. The number of Topliss-reactive ketones (excluding diaryl/α,β-unsaturated/α-hetero) is 1. The maximum Gasteiger partial charge on any atom is 0.338 e. The molecule has 0 radical (unpaired) electrons. The molecular formula is C45H66N2O11. The van der Waals surface area contributed by atoms with Crippen molar-refractivity contribution in [2.75, 3.05) is 48.0 Å². The second-order valence-electron chi connectivity index (χ2n) is 17.4. The predicted molar refractivity (Wildman–Crippen MR) is 217 cm³/mol. The van der Waals surface area contributed by atoms with Gasteiger partial charge in [0.15, 0.2) is 24.0 Å². The monoisotopic (exact) mass is 810 g/mol. The highest BCUT2D eigenvalue weighted by molar-refractivity contribution is 6.00. The lowest BCUT2D eigenvalue weighted by molar-refractivity contribution is -0.294. The molecule has 3 aliphatic heterocycles. The fourth-order valence-electron chi connectivity index (χ4n) is 8.70. The van der Waals surface area contributed by atoms with E-state index >= 15 is 0 Å². The van der Waals surface area contributed by atoms with Crippen LogP contribution in [0.25, 0.3) is 0 Å². The van der Waals surface area contributed by atoms with Gasteiger partial charge < -0.3 is 42.8 Å². The van der Waals surface area contributed by atoms with E-state index in [0.717, 1.165) is 5.56 Å². The molecular weight excluding hydrogens is 744 g/mol. The van der Waals surface area contributed by atoms with Crippen molar-refractivity contribution < 1.29 is 52.3 Å². The van der Waals surface area contributed by atoms with E-state index < -0.39 is 71.9 Å². The zero-order valence-electron chi connectivity index (χ0n) is 36.3. The van der Waals surface area contributed by atoms with Gasteiger partial charge in [0, 0.05) is 19.6 Å². The molecule has 0 N–H and O–H groups in total. The van der Waals surface area contributed by atoms with E-state index in [1.165, 1.54) is 0 Å². The van der Waals surface area contributed by atoms with Crippen LogP contribution in [0.5, 0.6) is 0 Å². The topological polar surface area (TPSA) is 132 Å². The van der Waals surface area contributed by atoms with E-state index in [0.29, 0.717) is 38.2 Å². The van der Waals surface area contributed by atoms with Gasteiger partial charge in [-0.05, 0) is 92.2 Å². The Hall–Kier alpha value is -3.27. The lowest BCUT2D eigenvalue weighted by Gasteiger charge is -2.47. The van der Waals surface area contributed by atoms with Gasteiger partial charge in [-0.1, -0.05) is 62.4 Å². The number of cyclic esters (lactones) is 1. The Balaban J connectivity index is 1.47. The van der Waals surface area contributed by atoms with Crippen molar-refractivity contribution in [3.05, 3.63) is 71.8 Å². The molecule has 0 spiro atoms. The molecule has 3 aliphatic rings. The minimum absolute atomic E-state index is 0.0286. The molecule has 3 heterocycles. The summed E-state index contributed by atoms with van der Waals surface area (Å²) in [4.78, 5) is 46.0. The first-order chi connectivity index (χ1) is 27.4. The Morgan fingerprint density at radius 1 is 0.966 bits per heavy atom. The minimum atomic E-state index is -1.13. The zero-order chi connectivity index (χ0) is 42.4. The van der Waals surface area contributed by atoms with Gasteiger partial charge in [-0.3, -0.25) is 14.5 Å². The average Bonchev–Trinajstić information content (AvgIpc) is 3.56. The summed E-state index contributed by atoms with van der Waals surface area (Å²) in [7, 11) is 7.44. The molecule has 322 valence electrons. The Morgan fingerprint density at radius 3 is 2.22 bits per heavy atom. The van der Waals surface area contributed by atoms with Crippen molar-refractivity contribution in [2.45, 2.75) is 128 Å². The number of benzene rings is 2. The van der Waals surface area contributed by atoms with Crippen LogP contribution in [0.1, 0.15) is 77.2 Å². The Labute approximate surface area is 344 Å². The summed E-state index contributed by atoms with van der Waals surface area (Å²) in [5, 5.41) is 0. The van der Waals surface area contributed by atoms with E-state index in [1.54, 1.807) is 45.2 Å². The Bertz CT molecular complexity index is 1640. The number of nitrogens with zero attached hydrogens (tertiary/aromatic N) is 2. The van der Waals surface area contributed by atoms with Gasteiger partial charge in [0.1, 0.15) is 24.7 Å². The van der Waals surface area contributed by atoms with Crippen LogP contribution in [0.2, 0.25) is 0 Å².